The molecule has 0 spiro atoms. The van der Waals surface area contributed by atoms with Gasteiger partial charge in [0.05, 0.1) is 32.1 Å². The summed E-state index contributed by atoms with van der Waals surface area (Å²) < 4.78 is 40.6. The fourth-order valence-corrected chi connectivity index (χ4v) is 3.82. The molecule has 0 radical (unpaired) electrons. The number of carbonyl (C=O) groups is 2. The average Bonchev–Trinajstić information content (AvgIpc) is 2.88. The maximum atomic E-state index is 15.3. The highest BCUT2D eigenvalue weighted by Gasteiger charge is 2.37. The number of ether oxygens (including phenoxy) is 2. The number of rotatable bonds is 8. The van der Waals surface area contributed by atoms with Crippen LogP contribution in [0.15, 0.2) is 55.5 Å². The third kappa shape index (κ3) is 4.42. The van der Waals surface area contributed by atoms with E-state index in [0.29, 0.717) is 29.1 Å². The number of benzene rings is 1. The van der Waals surface area contributed by atoms with Crippen LogP contribution < -0.4 is 19.3 Å². The van der Waals surface area contributed by atoms with E-state index in [1.54, 1.807) is 18.2 Å². The number of nitrogens with zero attached hydrogens (tertiary/aromatic N) is 4. The first-order chi connectivity index (χ1) is 16.9. The van der Waals surface area contributed by atoms with Gasteiger partial charge in [-0.25, -0.2) is 13.6 Å². The molecule has 0 bridgehead atoms. The Morgan fingerprint density at radius 3 is 2.40 bits per heavy atom. The molecule has 3 aromatic rings. The number of carbonyl (C=O) groups excluding carboxylic acids is 2. The van der Waals surface area contributed by atoms with Gasteiger partial charge in [0.2, 0.25) is 0 Å². The summed E-state index contributed by atoms with van der Waals surface area (Å²) in [6.07, 6.45) is 6.34. The van der Waals surface area contributed by atoms with Gasteiger partial charge in [0, 0.05) is 42.3 Å². The lowest BCUT2D eigenvalue weighted by molar-refractivity contribution is -0.114. The van der Waals surface area contributed by atoms with E-state index in [0.717, 1.165) is 11.0 Å². The standard InChI is InChI=1S/C25H22F2N4O4/c1-4-18(32)6-5-16-11-19-15(13-29-16)14-30(25(33)31(19)17-7-9-28-10-8-17)24-22(26)20(34-2)12-21(35-3)23(24)27/h4,7-13H,1,5-6,14H2,2-3H3. The number of fused-ring (bicyclic) bond motifs is 1. The molecular formula is C25H22F2N4O4. The van der Waals surface area contributed by atoms with Gasteiger partial charge in [-0.2, -0.15) is 0 Å². The van der Waals surface area contributed by atoms with Crippen molar-refractivity contribution in [2.45, 2.75) is 19.4 Å². The highest BCUT2D eigenvalue weighted by Crippen LogP contribution is 2.42. The molecule has 180 valence electrons. The number of hydrogen-bond donors (Lipinski definition) is 0. The molecular weight excluding hydrogens is 458 g/mol. The third-order valence-corrected chi connectivity index (χ3v) is 5.61. The Kier molecular flexibility index (Phi) is 6.72. The summed E-state index contributed by atoms with van der Waals surface area (Å²) in [5.41, 5.74) is 1.45. The van der Waals surface area contributed by atoms with Gasteiger partial charge in [-0.15, -0.1) is 0 Å². The van der Waals surface area contributed by atoms with Crippen molar-refractivity contribution in [3.8, 4) is 11.5 Å². The summed E-state index contributed by atoms with van der Waals surface area (Å²) in [5.74, 6) is -2.74. The number of allylic oxidation sites excluding steroid dienone is 1. The summed E-state index contributed by atoms with van der Waals surface area (Å²) in [6.45, 7) is 3.31. The number of methoxy groups -OCH3 is 2. The molecule has 3 heterocycles. The maximum absolute atomic E-state index is 15.3. The van der Waals surface area contributed by atoms with Gasteiger partial charge < -0.3 is 9.47 Å². The molecule has 0 saturated heterocycles. The zero-order valence-electron chi connectivity index (χ0n) is 19.1. The van der Waals surface area contributed by atoms with Gasteiger partial charge in [-0.1, -0.05) is 6.58 Å². The lowest BCUT2D eigenvalue weighted by Crippen LogP contribution is -2.46. The molecule has 1 aromatic carbocycles. The smallest absolute Gasteiger partial charge is 0.334 e. The monoisotopic (exact) mass is 480 g/mol. The van der Waals surface area contributed by atoms with E-state index in [9.17, 15) is 9.59 Å². The predicted octanol–water partition coefficient (Wildman–Crippen LogP) is 4.74. The summed E-state index contributed by atoms with van der Waals surface area (Å²) in [5, 5.41) is 0. The first kappa shape index (κ1) is 23.8. The first-order valence-corrected chi connectivity index (χ1v) is 10.6. The fourth-order valence-electron chi connectivity index (χ4n) is 3.82. The summed E-state index contributed by atoms with van der Waals surface area (Å²) >= 11 is 0. The summed E-state index contributed by atoms with van der Waals surface area (Å²) in [4.78, 5) is 36.1. The molecule has 0 saturated carbocycles. The van der Waals surface area contributed by atoms with Gasteiger partial charge in [-0.3, -0.25) is 24.6 Å². The topological polar surface area (TPSA) is 84.9 Å². The van der Waals surface area contributed by atoms with E-state index >= 15 is 8.78 Å². The second-order valence-corrected chi connectivity index (χ2v) is 7.64. The van der Waals surface area contributed by atoms with Crippen LogP contribution in [0.25, 0.3) is 0 Å². The molecule has 1 aliphatic rings. The van der Waals surface area contributed by atoms with Crippen molar-refractivity contribution in [1.29, 1.82) is 0 Å². The van der Waals surface area contributed by atoms with Gasteiger partial charge >= 0.3 is 6.03 Å². The van der Waals surface area contributed by atoms with Crippen LogP contribution in [0.2, 0.25) is 0 Å². The van der Waals surface area contributed by atoms with Crippen molar-refractivity contribution in [2.75, 3.05) is 24.0 Å². The Bertz CT molecular complexity index is 1270. The number of aromatic nitrogens is 2. The number of amides is 2. The molecule has 35 heavy (non-hydrogen) atoms. The van der Waals surface area contributed by atoms with E-state index in [1.807, 2.05) is 0 Å². The summed E-state index contributed by atoms with van der Waals surface area (Å²) in [6, 6.07) is 5.28. The van der Waals surface area contributed by atoms with Crippen LogP contribution in [0.4, 0.5) is 30.6 Å². The molecule has 4 rings (SSSR count). The first-order valence-electron chi connectivity index (χ1n) is 10.6. The molecule has 0 unspecified atom stereocenters. The number of halogens is 2. The van der Waals surface area contributed by atoms with E-state index in [1.165, 1.54) is 43.8 Å². The summed E-state index contributed by atoms with van der Waals surface area (Å²) in [7, 11) is 2.47. The minimum Gasteiger partial charge on any atom is -0.493 e. The van der Waals surface area contributed by atoms with Crippen LogP contribution in [0.1, 0.15) is 17.7 Å². The molecule has 0 fully saturated rings. The predicted molar refractivity (Wildman–Crippen MR) is 125 cm³/mol. The molecule has 2 aromatic heterocycles. The molecule has 0 N–H and O–H groups in total. The van der Waals surface area contributed by atoms with Gasteiger partial charge in [0.15, 0.2) is 28.9 Å². The molecule has 0 atom stereocenters. The van der Waals surface area contributed by atoms with Crippen LogP contribution in [0, 0.1) is 11.6 Å². The Labute approximate surface area is 200 Å². The number of hydrogen-bond acceptors (Lipinski definition) is 6. The molecule has 0 aliphatic carbocycles. The maximum Gasteiger partial charge on any atom is 0.334 e. The minimum atomic E-state index is -1.04. The van der Waals surface area contributed by atoms with E-state index < -0.39 is 23.4 Å². The largest absolute Gasteiger partial charge is 0.493 e. The van der Waals surface area contributed by atoms with E-state index in [-0.39, 0.29) is 30.2 Å². The van der Waals surface area contributed by atoms with E-state index in [2.05, 4.69) is 16.5 Å². The number of pyridine rings is 2. The Hall–Kier alpha value is -4.34. The molecule has 1 aliphatic heterocycles. The minimum absolute atomic E-state index is 0.129. The highest BCUT2D eigenvalue weighted by molar-refractivity contribution is 6.11. The zero-order chi connectivity index (χ0) is 25.1. The van der Waals surface area contributed by atoms with Crippen molar-refractivity contribution < 1.29 is 27.8 Å². The number of urea groups is 1. The molecule has 8 nitrogen and oxygen atoms in total. The average molecular weight is 480 g/mol. The zero-order valence-corrected chi connectivity index (χ0v) is 19.1. The lowest BCUT2D eigenvalue weighted by atomic mass is 10.1. The Morgan fingerprint density at radius 2 is 1.80 bits per heavy atom. The quantitative estimate of drug-likeness (QED) is 0.433. The van der Waals surface area contributed by atoms with Crippen LogP contribution in [-0.2, 0) is 17.8 Å². The second-order valence-electron chi connectivity index (χ2n) is 7.64. The van der Waals surface area contributed by atoms with E-state index in [4.69, 9.17) is 9.47 Å². The number of ketones is 1. The highest BCUT2D eigenvalue weighted by atomic mass is 19.1. The van der Waals surface area contributed by atoms with Crippen molar-refractivity contribution in [3.63, 3.8) is 0 Å². The molecule has 2 amide bonds. The lowest BCUT2D eigenvalue weighted by Gasteiger charge is -2.37. The third-order valence-electron chi connectivity index (χ3n) is 5.61. The van der Waals surface area contributed by atoms with Crippen LogP contribution in [0.5, 0.6) is 11.5 Å². The number of aryl methyl sites for hydroxylation is 1. The van der Waals surface area contributed by atoms with Crippen LogP contribution in [0.3, 0.4) is 0 Å². The van der Waals surface area contributed by atoms with Gasteiger partial charge in [0.25, 0.3) is 0 Å². The second kappa shape index (κ2) is 9.88. The SMILES string of the molecule is C=CC(=O)CCc1cc2c(cn1)CN(c1c(F)c(OC)cc(OC)c1F)C(=O)N2c1ccncc1. The Morgan fingerprint density at radius 1 is 1.14 bits per heavy atom. The van der Waals surface area contributed by atoms with Crippen LogP contribution >= 0.6 is 0 Å². The van der Waals surface area contributed by atoms with Gasteiger partial charge in [0.1, 0.15) is 5.69 Å². The molecule has 10 heteroatoms. The fraction of sp³-hybridized carbons (Fsp3) is 0.200. The number of anilines is 3. The van der Waals surface area contributed by atoms with Crippen molar-refractivity contribution in [1.82, 2.24) is 9.97 Å². The van der Waals surface area contributed by atoms with Gasteiger partial charge in [-0.05, 0) is 30.7 Å². The van der Waals surface area contributed by atoms with Crippen LogP contribution in [-0.4, -0.2) is 36.0 Å². The van der Waals surface area contributed by atoms with Crippen molar-refractivity contribution in [3.05, 3.63) is 78.4 Å². The Balaban J connectivity index is 1.85. The normalized spacial score (nSPS) is 12.9. The van der Waals surface area contributed by atoms with Crippen molar-refractivity contribution >= 4 is 28.9 Å². The van der Waals surface area contributed by atoms with Crippen molar-refractivity contribution in [2.24, 2.45) is 0 Å².